The van der Waals surface area contributed by atoms with Crippen LogP contribution in [0.15, 0.2) is 83.8 Å². The van der Waals surface area contributed by atoms with Crippen molar-refractivity contribution in [3.05, 3.63) is 84.4 Å². The molecule has 1 unspecified atom stereocenters. The van der Waals surface area contributed by atoms with Crippen LogP contribution < -0.4 is 10.1 Å². The van der Waals surface area contributed by atoms with Crippen LogP contribution in [-0.4, -0.2) is 27.2 Å². The molecule has 5 nitrogen and oxygen atoms in total. The van der Waals surface area contributed by atoms with Gasteiger partial charge in [-0.3, -0.25) is 4.79 Å². The van der Waals surface area contributed by atoms with Crippen LogP contribution in [0.25, 0.3) is 11.1 Å². The summed E-state index contributed by atoms with van der Waals surface area (Å²) < 4.78 is 28.9. The van der Waals surface area contributed by atoms with Crippen molar-refractivity contribution in [1.82, 2.24) is 5.32 Å². The maximum absolute atomic E-state index is 12.3. The van der Waals surface area contributed by atoms with Gasteiger partial charge in [0.25, 0.3) is 5.91 Å². The van der Waals surface area contributed by atoms with E-state index >= 15 is 0 Å². The lowest BCUT2D eigenvalue weighted by molar-refractivity contribution is -0.123. The summed E-state index contributed by atoms with van der Waals surface area (Å²) in [6.07, 6.45) is 1.16. The van der Waals surface area contributed by atoms with Crippen molar-refractivity contribution in [2.45, 2.75) is 17.9 Å². The SMILES string of the molecule is CC(NC(=O)COc1ccccc1-c1ccccc1)c1ccc(S(C)(=O)=O)cc1. The summed E-state index contributed by atoms with van der Waals surface area (Å²) in [5.74, 6) is 0.381. The van der Waals surface area contributed by atoms with E-state index in [2.05, 4.69) is 5.32 Å². The maximum Gasteiger partial charge on any atom is 0.258 e. The molecule has 3 rings (SSSR count). The normalized spacial score (nSPS) is 12.2. The lowest BCUT2D eigenvalue weighted by Gasteiger charge is -2.16. The molecule has 0 spiro atoms. The van der Waals surface area contributed by atoms with Crippen molar-refractivity contribution in [2.24, 2.45) is 0 Å². The molecular weight excluding hydrogens is 386 g/mol. The van der Waals surface area contributed by atoms with Gasteiger partial charge in [-0.05, 0) is 36.2 Å². The fourth-order valence-corrected chi connectivity index (χ4v) is 3.59. The fraction of sp³-hybridized carbons (Fsp3) is 0.174. The van der Waals surface area contributed by atoms with Crippen molar-refractivity contribution in [2.75, 3.05) is 12.9 Å². The zero-order chi connectivity index (χ0) is 20.9. The van der Waals surface area contributed by atoms with E-state index in [-0.39, 0.29) is 23.5 Å². The standard InChI is InChI=1S/C23H23NO4S/c1-17(18-12-14-20(15-13-18)29(2,26)27)24-23(25)16-28-22-11-7-6-10-21(22)19-8-4-3-5-9-19/h3-15,17H,16H2,1-2H3,(H,24,25). The Balaban J connectivity index is 1.62. The number of ether oxygens (including phenoxy) is 1. The molecule has 6 heteroatoms. The van der Waals surface area contributed by atoms with Gasteiger partial charge in [-0.25, -0.2) is 8.42 Å². The molecule has 0 radical (unpaired) electrons. The van der Waals surface area contributed by atoms with Gasteiger partial charge in [0.05, 0.1) is 10.9 Å². The highest BCUT2D eigenvalue weighted by Gasteiger charge is 2.13. The van der Waals surface area contributed by atoms with Crippen molar-refractivity contribution in [3.8, 4) is 16.9 Å². The van der Waals surface area contributed by atoms with E-state index in [1.54, 1.807) is 24.3 Å². The minimum absolute atomic E-state index is 0.115. The Hall–Kier alpha value is -3.12. The molecule has 0 bridgehead atoms. The second kappa shape index (κ2) is 8.92. The van der Waals surface area contributed by atoms with Gasteiger partial charge in [0.15, 0.2) is 16.4 Å². The van der Waals surface area contributed by atoms with Crippen molar-refractivity contribution in [3.63, 3.8) is 0 Å². The van der Waals surface area contributed by atoms with Gasteiger partial charge in [0.2, 0.25) is 0 Å². The van der Waals surface area contributed by atoms with E-state index in [9.17, 15) is 13.2 Å². The molecule has 0 aliphatic rings. The molecule has 0 aliphatic heterocycles. The molecule has 150 valence electrons. The molecule has 3 aromatic carbocycles. The fourth-order valence-electron chi connectivity index (χ4n) is 2.96. The number of carbonyl (C=O) groups excluding carboxylic acids is 1. The average molecular weight is 410 g/mol. The molecule has 1 atom stereocenters. The zero-order valence-electron chi connectivity index (χ0n) is 16.3. The lowest BCUT2D eigenvalue weighted by Crippen LogP contribution is -2.31. The Morgan fingerprint density at radius 1 is 0.931 bits per heavy atom. The van der Waals surface area contributed by atoms with Crippen LogP contribution >= 0.6 is 0 Å². The summed E-state index contributed by atoms with van der Waals surface area (Å²) in [5, 5.41) is 2.87. The predicted molar refractivity (Wildman–Crippen MR) is 113 cm³/mol. The predicted octanol–water partition coefficient (Wildman–Crippen LogP) is 4.01. The van der Waals surface area contributed by atoms with Gasteiger partial charge >= 0.3 is 0 Å². The van der Waals surface area contributed by atoms with Gasteiger partial charge in [0, 0.05) is 11.8 Å². The lowest BCUT2D eigenvalue weighted by atomic mass is 10.1. The van der Waals surface area contributed by atoms with E-state index < -0.39 is 9.84 Å². The number of para-hydroxylation sites is 1. The van der Waals surface area contributed by atoms with E-state index in [0.717, 1.165) is 22.9 Å². The first-order valence-electron chi connectivity index (χ1n) is 9.21. The third kappa shape index (κ3) is 5.45. The Kier molecular flexibility index (Phi) is 6.34. The largest absolute Gasteiger partial charge is 0.483 e. The second-order valence-corrected chi connectivity index (χ2v) is 8.80. The van der Waals surface area contributed by atoms with Crippen LogP contribution in [0.3, 0.4) is 0 Å². The number of sulfone groups is 1. The van der Waals surface area contributed by atoms with Gasteiger partial charge in [-0.1, -0.05) is 60.7 Å². The van der Waals surface area contributed by atoms with Crippen molar-refractivity contribution >= 4 is 15.7 Å². The molecule has 0 aromatic heterocycles. The second-order valence-electron chi connectivity index (χ2n) is 6.78. The molecule has 1 N–H and O–H groups in total. The number of carbonyl (C=O) groups is 1. The number of hydrogen-bond acceptors (Lipinski definition) is 4. The summed E-state index contributed by atoms with van der Waals surface area (Å²) in [5.41, 5.74) is 2.75. The molecule has 0 saturated carbocycles. The van der Waals surface area contributed by atoms with Crippen LogP contribution in [0.4, 0.5) is 0 Å². The van der Waals surface area contributed by atoms with E-state index in [1.807, 2.05) is 61.5 Å². The molecule has 0 saturated heterocycles. The highest BCUT2D eigenvalue weighted by Crippen LogP contribution is 2.29. The summed E-state index contributed by atoms with van der Waals surface area (Å²) in [6.45, 7) is 1.72. The minimum atomic E-state index is -3.24. The molecule has 3 aromatic rings. The first-order chi connectivity index (χ1) is 13.8. The van der Waals surface area contributed by atoms with E-state index in [0.29, 0.717) is 5.75 Å². The average Bonchev–Trinajstić information content (AvgIpc) is 2.72. The Bertz CT molecular complexity index is 1080. The number of nitrogens with one attached hydrogen (secondary N) is 1. The molecule has 0 aliphatic carbocycles. The number of rotatable bonds is 7. The molecule has 1 amide bonds. The van der Waals surface area contributed by atoms with Gasteiger partial charge in [0.1, 0.15) is 5.75 Å². The van der Waals surface area contributed by atoms with Gasteiger partial charge in [-0.2, -0.15) is 0 Å². The van der Waals surface area contributed by atoms with Crippen LogP contribution in [0, 0.1) is 0 Å². The topological polar surface area (TPSA) is 72.5 Å². The first kappa shape index (κ1) is 20.6. The quantitative estimate of drug-likeness (QED) is 0.640. The van der Waals surface area contributed by atoms with Crippen LogP contribution in [0.1, 0.15) is 18.5 Å². The first-order valence-corrected chi connectivity index (χ1v) is 11.1. The third-order valence-electron chi connectivity index (χ3n) is 4.52. The smallest absolute Gasteiger partial charge is 0.258 e. The summed E-state index contributed by atoms with van der Waals surface area (Å²) in [6, 6.07) is 23.6. The molecule has 0 fully saturated rings. The molecule has 0 heterocycles. The Labute approximate surface area is 171 Å². The minimum Gasteiger partial charge on any atom is -0.483 e. The zero-order valence-corrected chi connectivity index (χ0v) is 17.1. The Morgan fingerprint density at radius 2 is 1.55 bits per heavy atom. The molecule has 29 heavy (non-hydrogen) atoms. The number of amides is 1. The summed E-state index contributed by atoms with van der Waals surface area (Å²) in [7, 11) is -3.24. The van der Waals surface area contributed by atoms with Gasteiger partial charge < -0.3 is 10.1 Å². The Morgan fingerprint density at radius 3 is 2.21 bits per heavy atom. The molecular formula is C23H23NO4S. The summed E-state index contributed by atoms with van der Waals surface area (Å²) >= 11 is 0. The van der Waals surface area contributed by atoms with E-state index in [4.69, 9.17) is 4.74 Å². The highest BCUT2D eigenvalue weighted by atomic mass is 32.2. The number of hydrogen-bond donors (Lipinski definition) is 1. The van der Waals surface area contributed by atoms with Crippen LogP contribution in [0.5, 0.6) is 5.75 Å². The van der Waals surface area contributed by atoms with Crippen molar-refractivity contribution < 1.29 is 17.9 Å². The van der Waals surface area contributed by atoms with Gasteiger partial charge in [-0.15, -0.1) is 0 Å². The van der Waals surface area contributed by atoms with E-state index in [1.165, 1.54) is 0 Å². The monoisotopic (exact) mass is 409 g/mol. The van der Waals surface area contributed by atoms with Crippen molar-refractivity contribution in [1.29, 1.82) is 0 Å². The van der Waals surface area contributed by atoms with Crippen LogP contribution in [0.2, 0.25) is 0 Å². The number of benzene rings is 3. The summed E-state index contributed by atoms with van der Waals surface area (Å²) in [4.78, 5) is 12.6. The highest BCUT2D eigenvalue weighted by molar-refractivity contribution is 7.90. The van der Waals surface area contributed by atoms with Crippen LogP contribution in [-0.2, 0) is 14.6 Å². The maximum atomic E-state index is 12.3. The third-order valence-corrected chi connectivity index (χ3v) is 5.64.